The molecule has 0 unspecified atom stereocenters. The molecular weight excluding hydrogens is 224 g/mol. The normalized spacial score (nSPS) is 15.2. The number of rotatable bonds is 3. The van der Waals surface area contributed by atoms with E-state index < -0.39 is 0 Å². The van der Waals surface area contributed by atoms with E-state index in [0.717, 1.165) is 41.7 Å². The first-order valence-corrected chi connectivity index (χ1v) is 6.53. The van der Waals surface area contributed by atoms with Crippen LogP contribution in [-0.2, 0) is 0 Å². The summed E-state index contributed by atoms with van der Waals surface area (Å²) < 4.78 is 5.42. The molecular formula is C16H20O2. The van der Waals surface area contributed by atoms with Crippen molar-refractivity contribution in [2.75, 3.05) is 7.11 Å². The minimum absolute atomic E-state index is 0.134. The van der Waals surface area contributed by atoms with Gasteiger partial charge in [-0.05, 0) is 62.3 Å². The Morgan fingerprint density at radius 3 is 2.61 bits per heavy atom. The van der Waals surface area contributed by atoms with Crippen LogP contribution in [0, 0.1) is 13.8 Å². The maximum absolute atomic E-state index is 12.5. The van der Waals surface area contributed by atoms with Crippen molar-refractivity contribution < 1.29 is 9.53 Å². The number of carbonyl (C=O) groups is 1. The first-order valence-electron chi connectivity index (χ1n) is 6.53. The number of hydrogen-bond acceptors (Lipinski definition) is 2. The maximum atomic E-state index is 12.5. The molecule has 1 aromatic carbocycles. The third-order valence-corrected chi connectivity index (χ3v) is 3.71. The fourth-order valence-electron chi connectivity index (χ4n) is 2.45. The second kappa shape index (κ2) is 5.38. The Morgan fingerprint density at radius 1 is 1.22 bits per heavy atom. The van der Waals surface area contributed by atoms with Crippen LogP contribution in [0.4, 0.5) is 0 Å². The van der Waals surface area contributed by atoms with Gasteiger partial charge in [0.25, 0.3) is 0 Å². The lowest BCUT2D eigenvalue weighted by atomic mass is 9.91. The SMILES string of the molecule is COc1c(C(=O)C2=CCCCC2)ccc(C)c1C. The Morgan fingerprint density at radius 2 is 2.00 bits per heavy atom. The van der Waals surface area contributed by atoms with Crippen molar-refractivity contribution in [3.8, 4) is 5.75 Å². The van der Waals surface area contributed by atoms with Crippen LogP contribution >= 0.6 is 0 Å². The number of methoxy groups -OCH3 is 1. The molecule has 0 atom stereocenters. The average Bonchev–Trinajstić information content (AvgIpc) is 2.42. The summed E-state index contributed by atoms with van der Waals surface area (Å²) in [5.41, 5.74) is 3.86. The summed E-state index contributed by atoms with van der Waals surface area (Å²) in [6, 6.07) is 3.88. The molecule has 2 rings (SSSR count). The molecule has 18 heavy (non-hydrogen) atoms. The third kappa shape index (κ3) is 2.33. The van der Waals surface area contributed by atoms with Gasteiger partial charge in [-0.1, -0.05) is 12.1 Å². The number of hydrogen-bond donors (Lipinski definition) is 0. The molecule has 2 heteroatoms. The van der Waals surface area contributed by atoms with E-state index in [4.69, 9.17) is 4.74 Å². The van der Waals surface area contributed by atoms with E-state index in [1.165, 1.54) is 6.42 Å². The number of allylic oxidation sites excluding steroid dienone is 2. The van der Waals surface area contributed by atoms with Gasteiger partial charge in [0.05, 0.1) is 12.7 Å². The maximum Gasteiger partial charge on any atom is 0.192 e. The number of ketones is 1. The molecule has 0 heterocycles. The first-order chi connectivity index (χ1) is 8.65. The van der Waals surface area contributed by atoms with Crippen LogP contribution in [-0.4, -0.2) is 12.9 Å². The topological polar surface area (TPSA) is 26.3 Å². The molecule has 0 saturated carbocycles. The highest BCUT2D eigenvalue weighted by molar-refractivity contribution is 6.10. The van der Waals surface area contributed by atoms with E-state index in [9.17, 15) is 4.79 Å². The molecule has 2 nitrogen and oxygen atoms in total. The zero-order valence-corrected chi connectivity index (χ0v) is 11.4. The minimum Gasteiger partial charge on any atom is -0.496 e. The van der Waals surface area contributed by atoms with E-state index in [0.29, 0.717) is 5.56 Å². The van der Waals surface area contributed by atoms with Crippen LogP contribution in [0.5, 0.6) is 5.75 Å². The number of carbonyl (C=O) groups excluding carboxylic acids is 1. The third-order valence-electron chi connectivity index (χ3n) is 3.71. The van der Waals surface area contributed by atoms with Gasteiger partial charge in [0.15, 0.2) is 5.78 Å². The quantitative estimate of drug-likeness (QED) is 0.751. The summed E-state index contributed by atoms with van der Waals surface area (Å²) >= 11 is 0. The molecule has 1 aromatic rings. The van der Waals surface area contributed by atoms with Crippen LogP contribution in [0.1, 0.15) is 47.2 Å². The van der Waals surface area contributed by atoms with Gasteiger partial charge < -0.3 is 4.74 Å². The molecule has 0 radical (unpaired) electrons. The zero-order valence-electron chi connectivity index (χ0n) is 11.4. The Labute approximate surface area is 109 Å². The zero-order chi connectivity index (χ0) is 13.1. The molecule has 0 amide bonds. The average molecular weight is 244 g/mol. The minimum atomic E-state index is 0.134. The van der Waals surface area contributed by atoms with E-state index >= 15 is 0 Å². The summed E-state index contributed by atoms with van der Waals surface area (Å²) in [6.07, 6.45) is 6.31. The van der Waals surface area contributed by atoms with Gasteiger partial charge in [-0.2, -0.15) is 0 Å². The van der Waals surface area contributed by atoms with Gasteiger partial charge >= 0.3 is 0 Å². The summed E-state index contributed by atoms with van der Waals surface area (Å²) in [5, 5.41) is 0. The highest BCUT2D eigenvalue weighted by Crippen LogP contribution is 2.30. The van der Waals surface area contributed by atoms with Crippen molar-refractivity contribution in [3.63, 3.8) is 0 Å². The summed E-state index contributed by atoms with van der Waals surface area (Å²) in [6.45, 7) is 4.03. The molecule has 0 spiro atoms. The van der Waals surface area contributed by atoms with E-state index in [1.54, 1.807) is 7.11 Å². The first kappa shape index (κ1) is 12.9. The molecule has 96 valence electrons. The molecule has 1 aliphatic carbocycles. The summed E-state index contributed by atoms with van der Waals surface area (Å²) in [5.74, 6) is 0.862. The van der Waals surface area contributed by atoms with Crippen LogP contribution in [0.2, 0.25) is 0 Å². The number of aryl methyl sites for hydroxylation is 1. The lowest BCUT2D eigenvalue weighted by molar-refractivity contribution is 0.102. The molecule has 0 fully saturated rings. The Bertz CT molecular complexity index is 498. The van der Waals surface area contributed by atoms with Gasteiger partial charge in [0.1, 0.15) is 5.75 Å². The monoisotopic (exact) mass is 244 g/mol. The highest BCUT2D eigenvalue weighted by atomic mass is 16.5. The fourth-order valence-corrected chi connectivity index (χ4v) is 2.45. The van der Waals surface area contributed by atoms with Crippen molar-refractivity contribution >= 4 is 5.78 Å². The molecule has 0 aromatic heterocycles. The largest absolute Gasteiger partial charge is 0.496 e. The Balaban J connectivity index is 2.41. The Hall–Kier alpha value is -1.57. The number of Topliss-reactive ketones (excluding diaryl/α,β-unsaturated/α-hetero) is 1. The van der Waals surface area contributed by atoms with Gasteiger partial charge in [-0.15, -0.1) is 0 Å². The summed E-state index contributed by atoms with van der Waals surface area (Å²) in [4.78, 5) is 12.5. The molecule has 0 saturated heterocycles. The molecule has 1 aliphatic rings. The smallest absolute Gasteiger partial charge is 0.192 e. The second-order valence-corrected chi connectivity index (χ2v) is 4.89. The predicted molar refractivity (Wildman–Crippen MR) is 73.3 cm³/mol. The fraction of sp³-hybridized carbons (Fsp3) is 0.438. The molecule has 0 N–H and O–H groups in total. The molecule has 0 bridgehead atoms. The van der Waals surface area contributed by atoms with Crippen LogP contribution < -0.4 is 4.74 Å². The Kier molecular flexibility index (Phi) is 3.85. The van der Waals surface area contributed by atoms with Crippen molar-refractivity contribution in [2.24, 2.45) is 0 Å². The van der Waals surface area contributed by atoms with Crippen LogP contribution in [0.3, 0.4) is 0 Å². The number of benzene rings is 1. The van der Waals surface area contributed by atoms with Gasteiger partial charge in [0.2, 0.25) is 0 Å². The van der Waals surface area contributed by atoms with Gasteiger partial charge in [-0.25, -0.2) is 0 Å². The standard InChI is InChI=1S/C16H20O2/c1-11-9-10-14(16(18-3)12(11)2)15(17)13-7-5-4-6-8-13/h7,9-10H,4-6,8H2,1-3H3. The molecule has 0 aliphatic heterocycles. The van der Waals surface area contributed by atoms with Crippen molar-refractivity contribution in [3.05, 3.63) is 40.5 Å². The van der Waals surface area contributed by atoms with Gasteiger partial charge in [0, 0.05) is 0 Å². The number of ether oxygens (including phenoxy) is 1. The van der Waals surface area contributed by atoms with Crippen LogP contribution in [0.15, 0.2) is 23.8 Å². The lowest BCUT2D eigenvalue weighted by Gasteiger charge is -2.16. The van der Waals surface area contributed by atoms with E-state index in [2.05, 4.69) is 6.08 Å². The van der Waals surface area contributed by atoms with Gasteiger partial charge in [-0.3, -0.25) is 4.79 Å². The second-order valence-electron chi connectivity index (χ2n) is 4.89. The summed E-state index contributed by atoms with van der Waals surface area (Å²) in [7, 11) is 1.63. The van der Waals surface area contributed by atoms with Crippen molar-refractivity contribution in [2.45, 2.75) is 39.5 Å². The van der Waals surface area contributed by atoms with Crippen molar-refractivity contribution in [1.82, 2.24) is 0 Å². The van der Waals surface area contributed by atoms with Crippen LogP contribution in [0.25, 0.3) is 0 Å². The van der Waals surface area contributed by atoms with Crippen molar-refractivity contribution in [1.29, 1.82) is 0 Å². The predicted octanol–water partition coefficient (Wildman–Crippen LogP) is 4.00. The highest BCUT2D eigenvalue weighted by Gasteiger charge is 2.19. The van der Waals surface area contributed by atoms with E-state index in [-0.39, 0.29) is 5.78 Å². The lowest BCUT2D eigenvalue weighted by Crippen LogP contribution is -2.09. The van der Waals surface area contributed by atoms with E-state index in [1.807, 2.05) is 26.0 Å².